The summed E-state index contributed by atoms with van der Waals surface area (Å²) >= 11 is 3.08. The maximum Gasteiger partial charge on any atom is 0.407 e. The Morgan fingerprint density at radius 2 is 1.64 bits per heavy atom. The van der Waals surface area contributed by atoms with Crippen LogP contribution in [0.1, 0.15) is 33.0 Å². The summed E-state index contributed by atoms with van der Waals surface area (Å²) < 4.78 is 5.74. The van der Waals surface area contributed by atoms with E-state index in [0.717, 1.165) is 37.6 Å². The maximum atomic E-state index is 14.0. The number of benzene rings is 4. The monoisotopic (exact) mass is 595 g/mol. The zero-order valence-electron chi connectivity index (χ0n) is 22.9. The molecule has 0 aromatic heterocycles. The number of alkyl carbamates (subject to hydrolysis) is 1. The number of nitrogens with one attached hydrogen (secondary N) is 1. The Hall–Kier alpha value is -4.21. The maximum absolute atomic E-state index is 14.0. The highest BCUT2D eigenvalue weighted by molar-refractivity contribution is 7.99. The van der Waals surface area contributed by atoms with Crippen LogP contribution < -0.4 is 16.0 Å². The summed E-state index contributed by atoms with van der Waals surface area (Å²) in [5.74, 6) is -0.629. The topological polar surface area (TPSA) is 102 Å². The molecule has 9 heteroatoms. The van der Waals surface area contributed by atoms with E-state index in [1.165, 1.54) is 11.8 Å². The number of hydrogen-bond donors (Lipinski definition) is 2. The largest absolute Gasteiger partial charge is 0.449 e. The van der Waals surface area contributed by atoms with E-state index in [1.807, 2.05) is 54.8 Å². The van der Waals surface area contributed by atoms with E-state index in [9.17, 15) is 14.4 Å². The fraction of sp³-hybridized carbons (Fsp3) is 0.182. The molecule has 1 heterocycles. The lowest BCUT2D eigenvalue weighted by Gasteiger charge is -2.26. The Morgan fingerprint density at radius 1 is 0.976 bits per heavy atom. The first-order chi connectivity index (χ1) is 20.4. The number of primary amides is 1. The number of rotatable bonds is 7. The van der Waals surface area contributed by atoms with Crippen molar-refractivity contribution in [2.24, 2.45) is 5.73 Å². The van der Waals surface area contributed by atoms with Crippen LogP contribution in [-0.2, 0) is 16.1 Å². The minimum atomic E-state index is -0.833. The van der Waals surface area contributed by atoms with E-state index >= 15 is 0 Å². The van der Waals surface area contributed by atoms with Crippen LogP contribution in [0.3, 0.4) is 0 Å². The number of thioether (sulfide) groups is 2. The van der Waals surface area contributed by atoms with Gasteiger partial charge in [0.05, 0.1) is 12.2 Å². The van der Waals surface area contributed by atoms with Crippen molar-refractivity contribution in [2.45, 2.75) is 28.3 Å². The average Bonchev–Trinajstić information content (AvgIpc) is 3.27. The van der Waals surface area contributed by atoms with Gasteiger partial charge in [0.2, 0.25) is 5.91 Å². The van der Waals surface area contributed by atoms with Crippen LogP contribution >= 0.6 is 23.5 Å². The van der Waals surface area contributed by atoms with Gasteiger partial charge in [-0.05, 0) is 64.4 Å². The first kappa shape index (κ1) is 27.9. The molecule has 7 nitrogen and oxygen atoms in total. The van der Waals surface area contributed by atoms with Crippen LogP contribution in [0.5, 0.6) is 0 Å². The molecule has 0 unspecified atom stereocenters. The van der Waals surface area contributed by atoms with E-state index in [0.29, 0.717) is 17.0 Å². The molecule has 0 saturated carbocycles. The highest BCUT2D eigenvalue weighted by atomic mass is 32.2. The number of ether oxygens (including phenoxy) is 1. The molecule has 1 atom stereocenters. The highest BCUT2D eigenvalue weighted by Gasteiger charge is 2.34. The molecule has 0 fully saturated rings. The van der Waals surface area contributed by atoms with Crippen LogP contribution in [0.15, 0.2) is 101 Å². The number of carbonyl (C=O) groups is 3. The lowest BCUT2D eigenvalue weighted by atomic mass is 9.98. The quantitative estimate of drug-likeness (QED) is 0.252. The first-order valence-corrected chi connectivity index (χ1v) is 15.8. The van der Waals surface area contributed by atoms with Gasteiger partial charge in [0.25, 0.3) is 5.91 Å². The second-order valence-corrected chi connectivity index (χ2v) is 12.1. The fourth-order valence-electron chi connectivity index (χ4n) is 5.52. The van der Waals surface area contributed by atoms with Crippen molar-refractivity contribution >= 4 is 47.1 Å². The standard InChI is InChI=1S/C33H29N3O4S2/c1-41-22-13-10-20(11-14-22)17-36-29-16-21(31(34)37)12-15-30(29)42-19-28(32(36)38)35-33(39)40-18-27-25-8-4-2-6-23(25)24-7-3-5-9-26(24)27/h2-16,27-28H,17-19H2,1H3,(H2,34,37)(H,35,39)/t28-/m0/s1. The Labute approximate surface area is 252 Å². The van der Waals surface area contributed by atoms with Gasteiger partial charge in [0.15, 0.2) is 0 Å². The number of nitrogens with two attached hydrogens (primary N) is 1. The lowest BCUT2D eigenvalue weighted by molar-refractivity contribution is -0.120. The third kappa shape index (κ3) is 5.49. The molecule has 4 aromatic rings. The highest BCUT2D eigenvalue weighted by Crippen LogP contribution is 2.44. The van der Waals surface area contributed by atoms with Crippen molar-refractivity contribution in [1.29, 1.82) is 0 Å². The van der Waals surface area contributed by atoms with Gasteiger partial charge in [-0.2, -0.15) is 0 Å². The number of anilines is 1. The minimum Gasteiger partial charge on any atom is -0.449 e. The molecule has 3 N–H and O–H groups in total. The van der Waals surface area contributed by atoms with Gasteiger partial charge >= 0.3 is 6.09 Å². The van der Waals surface area contributed by atoms with Gasteiger partial charge in [-0.25, -0.2) is 4.79 Å². The number of nitrogens with zero attached hydrogens (tertiary/aromatic N) is 1. The number of carbonyl (C=O) groups excluding carboxylic acids is 3. The van der Waals surface area contributed by atoms with Crippen LogP contribution in [0, 0.1) is 0 Å². The molecule has 1 aliphatic heterocycles. The van der Waals surface area contributed by atoms with Crippen LogP contribution in [0.4, 0.5) is 10.5 Å². The molecule has 1 aliphatic carbocycles. The van der Waals surface area contributed by atoms with Gasteiger partial charge in [0, 0.05) is 27.0 Å². The van der Waals surface area contributed by atoms with Gasteiger partial charge in [0.1, 0.15) is 12.6 Å². The van der Waals surface area contributed by atoms with Crippen LogP contribution in [0.25, 0.3) is 11.1 Å². The van der Waals surface area contributed by atoms with Gasteiger partial charge in [-0.3, -0.25) is 9.59 Å². The lowest BCUT2D eigenvalue weighted by Crippen LogP contribution is -2.49. The molecule has 0 bridgehead atoms. The van der Waals surface area contributed by atoms with Crippen molar-refractivity contribution in [1.82, 2.24) is 5.32 Å². The zero-order valence-corrected chi connectivity index (χ0v) is 24.5. The van der Waals surface area contributed by atoms with Gasteiger partial charge in [-0.1, -0.05) is 60.7 Å². The zero-order chi connectivity index (χ0) is 29.2. The summed E-state index contributed by atoms with van der Waals surface area (Å²) in [6.45, 7) is 0.424. The molecule has 212 valence electrons. The molecule has 3 amide bonds. The van der Waals surface area contributed by atoms with Crippen LogP contribution in [-0.4, -0.2) is 42.6 Å². The molecule has 4 aromatic carbocycles. The molecular weight excluding hydrogens is 567 g/mol. The normalized spacial score (nSPS) is 15.8. The van der Waals surface area contributed by atoms with Crippen molar-refractivity contribution in [3.63, 3.8) is 0 Å². The van der Waals surface area contributed by atoms with Crippen molar-refractivity contribution in [2.75, 3.05) is 23.5 Å². The molecule has 0 radical (unpaired) electrons. The van der Waals surface area contributed by atoms with E-state index < -0.39 is 18.0 Å². The number of amides is 3. The van der Waals surface area contributed by atoms with E-state index in [2.05, 4.69) is 29.6 Å². The van der Waals surface area contributed by atoms with Crippen molar-refractivity contribution in [3.05, 3.63) is 113 Å². The Kier molecular flexibility index (Phi) is 7.95. The number of fused-ring (bicyclic) bond motifs is 4. The average molecular weight is 596 g/mol. The Bertz CT molecular complexity index is 1630. The summed E-state index contributed by atoms with van der Waals surface area (Å²) in [7, 11) is 0. The molecule has 2 aliphatic rings. The Morgan fingerprint density at radius 3 is 2.29 bits per heavy atom. The minimum absolute atomic E-state index is 0.0837. The van der Waals surface area contributed by atoms with E-state index in [-0.39, 0.29) is 25.0 Å². The fourth-order valence-corrected chi connectivity index (χ4v) is 6.98. The first-order valence-electron chi connectivity index (χ1n) is 13.6. The molecule has 42 heavy (non-hydrogen) atoms. The van der Waals surface area contributed by atoms with Crippen LogP contribution in [0.2, 0.25) is 0 Å². The predicted molar refractivity (Wildman–Crippen MR) is 167 cm³/mol. The second kappa shape index (κ2) is 12.0. The van der Waals surface area contributed by atoms with Crippen molar-refractivity contribution < 1.29 is 19.1 Å². The summed E-state index contributed by atoms with van der Waals surface area (Å²) in [6.07, 6.45) is 1.36. The van der Waals surface area contributed by atoms with Gasteiger partial charge in [-0.15, -0.1) is 23.5 Å². The summed E-state index contributed by atoms with van der Waals surface area (Å²) in [5, 5.41) is 2.82. The molecule has 0 saturated heterocycles. The van der Waals surface area contributed by atoms with Crippen molar-refractivity contribution in [3.8, 4) is 11.1 Å². The second-order valence-electron chi connectivity index (χ2n) is 10.2. The molecule has 0 spiro atoms. The Balaban J connectivity index is 1.21. The summed E-state index contributed by atoms with van der Waals surface area (Å²) in [6, 6.07) is 28.5. The smallest absolute Gasteiger partial charge is 0.407 e. The number of hydrogen-bond acceptors (Lipinski definition) is 6. The van der Waals surface area contributed by atoms with Gasteiger partial charge < -0.3 is 20.7 Å². The van der Waals surface area contributed by atoms with E-state index in [4.69, 9.17) is 10.5 Å². The summed E-state index contributed by atoms with van der Waals surface area (Å²) in [4.78, 5) is 42.6. The third-order valence-electron chi connectivity index (χ3n) is 7.64. The molecular formula is C33H29N3O4S2. The van der Waals surface area contributed by atoms with E-state index in [1.54, 1.807) is 34.9 Å². The third-order valence-corrected chi connectivity index (χ3v) is 9.54. The SMILES string of the molecule is CSc1ccc(CN2C(=O)[C@@H](NC(=O)OCC3c4ccccc4-c4ccccc43)CSc3ccc(C(N)=O)cc32)cc1. The molecule has 6 rings (SSSR count). The predicted octanol–water partition coefficient (Wildman–Crippen LogP) is 6.05. The summed E-state index contributed by atoms with van der Waals surface area (Å²) in [5.41, 5.74) is 11.9.